The Bertz CT molecular complexity index is 254. The molecule has 1 rings (SSSR count). The van der Waals surface area contributed by atoms with Gasteiger partial charge in [-0.1, -0.05) is 13.8 Å². The Balaban J connectivity index is 2.29. The van der Waals surface area contributed by atoms with Gasteiger partial charge < -0.3 is 5.32 Å². The van der Waals surface area contributed by atoms with Crippen LogP contribution in [0.3, 0.4) is 0 Å². The van der Waals surface area contributed by atoms with Gasteiger partial charge in [-0.25, -0.2) is 0 Å². The summed E-state index contributed by atoms with van der Waals surface area (Å²) in [7, 11) is 0. The lowest BCUT2D eigenvalue weighted by molar-refractivity contribution is -0.124. The molecule has 100 valence electrons. The van der Waals surface area contributed by atoms with Crippen LogP contribution in [0.15, 0.2) is 0 Å². The maximum Gasteiger partial charge on any atom is 0.137 e. The predicted molar refractivity (Wildman–Crippen MR) is 73.0 cm³/mol. The van der Waals surface area contributed by atoms with E-state index in [0.29, 0.717) is 24.0 Å². The lowest BCUT2D eigenvalue weighted by Gasteiger charge is -2.31. The van der Waals surface area contributed by atoms with Crippen LogP contribution in [-0.4, -0.2) is 17.9 Å². The normalized spacial score (nSPS) is 30.3. The highest BCUT2D eigenvalue weighted by atomic mass is 16.1. The molecule has 0 bridgehead atoms. The van der Waals surface area contributed by atoms with E-state index in [0.717, 1.165) is 25.3 Å². The molecule has 3 unspecified atom stereocenters. The van der Waals surface area contributed by atoms with Crippen LogP contribution in [0.4, 0.5) is 0 Å². The van der Waals surface area contributed by atoms with Crippen LogP contribution in [0.1, 0.15) is 60.3 Å². The molecule has 1 aliphatic carbocycles. The standard InChI is InChI=1S/C15H29NO/c1-11-6-7-13(10-12(11)2)14(17)8-9-16-15(3,4)5/h11-13,16H,6-10H2,1-5H3. The summed E-state index contributed by atoms with van der Waals surface area (Å²) in [6, 6.07) is 0. The van der Waals surface area contributed by atoms with Crippen LogP contribution in [-0.2, 0) is 4.79 Å². The van der Waals surface area contributed by atoms with Crippen LogP contribution in [0.5, 0.6) is 0 Å². The summed E-state index contributed by atoms with van der Waals surface area (Å²) in [6.45, 7) is 11.8. The number of hydrogen-bond donors (Lipinski definition) is 1. The van der Waals surface area contributed by atoms with Gasteiger partial charge in [-0.3, -0.25) is 4.79 Å². The third-order valence-corrected chi connectivity index (χ3v) is 4.08. The summed E-state index contributed by atoms with van der Waals surface area (Å²) in [5.41, 5.74) is 0.120. The zero-order valence-corrected chi connectivity index (χ0v) is 12.2. The Morgan fingerprint density at radius 2 is 1.82 bits per heavy atom. The lowest BCUT2D eigenvalue weighted by Crippen LogP contribution is -2.38. The molecular weight excluding hydrogens is 210 g/mol. The first-order valence-electron chi connectivity index (χ1n) is 7.07. The summed E-state index contributed by atoms with van der Waals surface area (Å²) < 4.78 is 0. The largest absolute Gasteiger partial charge is 0.312 e. The molecule has 17 heavy (non-hydrogen) atoms. The Hall–Kier alpha value is -0.370. The first kappa shape index (κ1) is 14.7. The van der Waals surface area contributed by atoms with E-state index in [2.05, 4.69) is 39.9 Å². The summed E-state index contributed by atoms with van der Waals surface area (Å²) in [5, 5.41) is 3.39. The van der Waals surface area contributed by atoms with Gasteiger partial charge in [-0.2, -0.15) is 0 Å². The van der Waals surface area contributed by atoms with Gasteiger partial charge in [-0.15, -0.1) is 0 Å². The Kier molecular flexibility index (Phi) is 5.18. The summed E-state index contributed by atoms with van der Waals surface area (Å²) in [6.07, 6.45) is 4.14. The van der Waals surface area contributed by atoms with E-state index < -0.39 is 0 Å². The molecule has 0 spiro atoms. The van der Waals surface area contributed by atoms with Crippen LogP contribution in [0.2, 0.25) is 0 Å². The maximum absolute atomic E-state index is 12.1. The van der Waals surface area contributed by atoms with Crippen molar-refractivity contribution in [2.75, 3.05) is 6.54 Å². The van der Waals surface area contributed by atoms with Crippen LogP contribution in [0, 0.1) is 17.8 Å². The summed E-state index contributed by atoms with van der Waals surface area (Å²) in [5.74, 6) is 2.32. The van der Waals surface area contributed by atoms with Gasteiger partial charge in [0.05, 0.1) is 0 Å². The summed E-state index contributed by atoms with van der Waals surface area (Å²) >= 11 is 0. The molecule has 0 radical (unpaired) electrons. The SMILES string of the molecule is CC1CCC(C(=O)CCNC(C)(C)C)CC1C. The van der Waals surface area contributed by atoms with Crippen molar-refractivity contribution >= 4 is 5.78 Å². The Morgan fingerprint density at radius 1 is 1.18 bits per heavy atom. The van der Waals surface area contributed by atoms with Crippen molar-refractivity contribution < 1.29 is 4.79 Å². The monoisotopic (exact) mass is 239 g/mol. The third-order valence-electron chi connectivity index (χ3n) is 4.08. The molecule has 3 atom stereocenters. The summed E-state index contributed by atoms with van der Waals surface area (Å²) in [4.78, 5) is 12.1. The van der Waals surface area contributed by atoms with E-state index in [1.807, 2.05) is 0 Å². The zero-order chi connectivity index (χ0) is 13.1. The van der Waals surface area contributed by atoms with Crippen molar-refractivity contribution in [2.24, 2.45) is 17.8 Å². The van der Waals surface area contributed by atoms with Crippen molar-refractivity contribution in [3.63, 3.8) is 0 Å². The van der Waals surface area contributed by atoms with E-state index in [1.165, 1.54) is 6.42 Å². The van der Waals surface area contributed by atoms with Gasteiger partial charge in [0.1, 0.15) is 5.78 Å². The lowest BCUT2D eigenvalue weighted by atomic mass is 9.74. The predicted octanol–water partition coefficient (Wildman–Crippen LogP) is 3.41. The van der Waals surface area contributed by atoms with Crippen molar-refractivity contribution in [1.82, 2.24) is 5.32 Å². The minimum Gasteiger partial charge on any atom is -0.312 e. The van der Waals surface area contributed by atoms with Gasteiger partial charge in [0.25, 0.3) is 0 Å². The number of ketones is 1. The number of rotatable bonds is 4. The van der Waals surface area contributed by atoms with E-state index in [4.69, 9.17) is 0 Å². The zero-order valence-electron chi connectivity index (χ0n) is 12.2. The number of hydrogen-bond acceptors (Lipinski definition) is 2. The highest BCUT2D eigenvalue weighted by Gasteiger charge is 2.28. The van der Waals surface area contributed by atoms with E-state index in [9.17, 15) is 4.79 Å². The Labute approximate surface area is 107 Å². The van der Waals surface area contributed by atoms with Crippen molar-refractivity contribution in [1.29, 1.82) is 0 Å². The first-order valence-corrected chi connectivity index (χ1v) is 7.07. The fraction of sp³-hybridized carbons (Fsp3) is 0.933. The quantitative estimate of drug-likeness (QED) is 0.814. The average molecular weight is 239 g/mol. The second kappa shape index (κ2) is 5.99. The molecule has 1 aliphatic rings. The molecule has 1 fully saturated rings. The second-order valence-corrected chi connectivity index (χ2v) is 6.86. The number of carbonyl (C=O) groups is 1. The highest BCUT2D eigenvalue weighted by Crippen LogP contribution is 2.34. The van der Waals surface area contributed by atoms with E-state index in [1.54, 1.807) is 0 Å². The van der Waals surface area contributed by atoms with Crippen molar-refractivity contribution in [3.8, 4) is 0 Å². The molecule has 0 aromatic heterocycles. The molecule has 1 N–H and O–H groups in total. The molecule has 1 saturated carbocycles. The van der Waals surface area contributed by atoms with Crippen LogP contribution >= 0.6 is 0 Å². The molecule has 0 saturated heterocycles. The fourth-order valence-corrected chi connectivity index (χ4v) is 2.60. The molecule has 0 amide bonds. The van der Waals surface area contributed by atoms with E-state index >= 15 is 0 Å². The minimum absolute atomic E-state index is 0.120. The molecule has 2 heteroatoms. The number of carbonyl (C=O) groups excluding carboxylic acids is 1. The van der Waals surface area contributed by atoms with Crippen LogP contribution in [0.25, 0.3) is 0 Å². The third kappa shape index (κ3) is 5.20. The van der Waals surface area contributed by atoms with Gasteiger partial charge in [0.15, 0.2) is 0 Å². The molecule has 0 heterocycles. The minimum atomic E-state index is 0.120. The van der Waals surface area contributed by atoms with Crippen LogP contribution < -0.4 is 5.32 Å². The van der Waals surface area contributed by atoms with Crippen molar-refractivity contribution in [3.05, 3.63) is 0 Å². The molecular formula is C15H29NO. The first-order chi connectivity index (χ1) is 7.79. The molecule has 2 nitrogen and oxygen atoms in total. The Morgan fingerprint density at radius 3 is 2.35 bits per heavy atom. The molecule has 0 aromatic carbocycles. The van der Waals surface area contributed by atoms with E-state index in [-0.39, 0.29) is 5.54 Å². The maximum atomic E-state index is 12.1. The second-order valence-electron chi connectivity index (χ2n) is 6.86. The fourth-order valence-electron chi connectivity index (χ4n) is 2.60. The van der Waals surface area contributed by atoms with Gasteiger partial charge >= 0.3 is 0 Å². The van der Waals surface area contributed by atoms with Gasteiger partial charge in [-0.05, 0) is 51.9 Å². The van der Waals surface area contributed by atoms with Gasteiger partial charge in [0.2, 0.25) is 0 Å². The number of nitrogens with one attached hydrogen (secondary N) is 1. The highest BCUT2D eigenvalue weighted by molar-refractivity contribution is 5.81. The average Bonchev–Trinajstić information content (AvgIpc) is 2.20. The van der Waals surface area contributed by atoms with Crippen molar-refractivity contribution in [2.45, 2.75) is 65.8 Å². The van der Waals surface area contributed by atoms with Gasteiger partial charge in [0, 0.05) is 24.4 Å². The topological polar surface area (TPSA) is 29.1 Å². The molecule has 0 aliphatic heterocycles. The number of Topliss-reactive ketones (excluding diaryl/α,β-unsaturated/α-hetero) is 1. The molecule has 0 aromatic rings. The smallest absolute Gasteiger partial charge is 0.137 e.